The van der Waals surface area contributed by atoms with E-state index in [9.17, 15) is 9.59 Å². The van der Waals surface area contributed by atoms with Crippen molar-refractivity contribution in [1.82, 2.24) is 10.3 Å². The molecular formula is C13H20N2O2S. The van der Waals surface area contributed by atoms with Gasteiger partial charge in [-0.05, 0) is 30.9 Å². The minimum atomic E-state index is -0.250. The smallest absolute Gasteiger partial charge is 0.251 e. The number of unbranched alkanes of at least 4 members (excludes halogenated alkanes) is 3. The van der Waals surface area contributed by atoms with Gasteiger partial charge in [-0.2, -0.15) is 11.8 Å². The van der Waals surface area contributed by atoms with Crippen LogP contribution in [-0.2, 0) is 0 Å². The zero-order chi connectivity index (χ0) is 13.2. The zero-order valence-electron chi connectivity index (χ0n) is 10.7. The van der Waals surface area contributed by atoms with Crippen LogP contribution < -0.4 is 10.9 Å². The van der Waals surface area contributed by atoms with Gasteiger partial charge in [0.05, 0.1) is 0 Å². The highest BCUT2D eigenvalue weighted by atomic mass is 32.2. The van der Waals surface area contributed by atoms with Gasteiger partial charge < -0.3 is 10.3 Å². The summed E-state index contributed by atoms with van der Waals surface area (Å²) in [6, 6.07) is 2.92. The first-order valence-corrected chi connectivity index (χ1v) is 7.59. The van der Waals surface area contributed by atoms with Crippen molar-refractivity contribution in [2.45, 2.75) is 25.7 Å². The van der Waals surface area contributed by atoms with E-state index >= 15 is 0 Å². The zero-order valence-corrected chi connectivity index (χ0v) is 11.5. The number of pyridine rings is 1. The number of thioether (sulfide) groups is 1. The SMILES string of the molecule is CSCCCCCCNC(=O)c1cc[nH]c(=O)c1. The first-order chi connectivity index (χ1) is 8.74. The van der Waals surface area contributed by atoms with Crippen LogP contribution in [0.5, 0.6) is 0 Å². The number of aromatic nitrogens is 1. The second-order valence-electron chi connectivity index (χ2n) is 4.10. The fourth-order valence-corrected chi connectivity index (χ4v) is 2.11. The Bertz CT molecular complexity index is 417. The van der Waals surface area contributed by atoms with Crippen LogP contribution in [0.25, 0.3) is 0 Å². The molecule has 5 heteroatoms. The molecule has 0 fully saturated rings. The fourth-order valence-electron chi connectivity index (χ4n) is 1.61. The Kier molecular flexibility index (Phi) is 7.25. The minimum Gasteiger partial charge on any atom is -0.352 e. The molecule has 18 heavy (non-hydrogen) atoms. The fraction of sp³-hybridized carbons (Fsp3) is 0.538. The van der Waals surface area contributed by atoms with Crippen LogP contribution in [0.15, 0.2) is 23.1 Å². The molecule has 100 valence electrons. The predicted octanol–water partition coefficient (Wildman–Crippen LogP) is 2.03. The highest BCUT2D eigenvalue weighted by Crippen LogP contribution is 2.04. The first-order valence-electron chi connectivity index (χ1n) is 6.20. The van der Waals surface area contributed by atoms with Crippen LogP contribution in [0.4, 0.5) is 0 Å². The number of aromatic amines is 1. The van der Waals surface area contributed by atoms with Crippen molar-refractivity contribution in [2.24, 2.45) is 0 Å². The molecule has 0 aromatic carbocycles. The Hall–Kier alpha value is -1.23. The van der Waals surface area contributed by atoms with E-state index in [-0.39, 0.29) is 11.5 Å². The van der Waals surface area contributed by atoms with Crippen molar-refractivity contribution in [3.63, 3.8) is 0 Å². The topological polar surface area (TPSA) is 62.0 Å². The second-order valence-corrected chi connectivity index (χ2v) is 5.09. The van der Waals surface area contributed by atoms with Gasteiger partial charge in [0.25, 0.3) is 5.91 Å². The average Bonchev–Trinajstić information content (AvgIpc) is 2.37. The van der Waals surface area contributed by atoms with Crippen molar-refractivity contribution in [2.75, 3.05) is 18.6 Å². The highest BCUT2D eigenvalue weighted by molar-refractivity contribution is 7.98. The lowest BCUT2D eigenvalue weighted by Gasteiger charge is -2.04. The lowest BCUT2D eigenvalue weighted by molar-refractivity contribution is 0.0952. The molecular weight excluding hydrogens is 248 g/mol. The van der Waals surface area contributed by atoms with Gasteiger partial charge in [0, 0.05) is 24.4 Å². The van der Waals surface area contributed by atoms with E-state index in [2.05, 4.69) is 16.6 Å². The van der Waals surface area contributed by atoms with E-state index in [1.165, 1.54) is 30.9 Å². The van der Waals surface area contributed by atoms with Crippen molar-refractivity contribution in [3.8, 4) is 0 Å². The number of hydrogen-bond donors (Lipinski definition) is 2. The Labute approximate surface area is 112 Å². The quantitative estimate of drug-likeness (QED) is 0.709. The summed E-state index contributed by atoms with van der Waals surface area (Å²) in [6.07, 6.45) is 8.17. The highest BCUT2D eigenvalue weighted by Gasteiger charge is 2.04. The third-order valence-corrected chi connectivity index (χ3v) is 3.29. The molecule has 0 saturated heterocycles. The Morgan fingerprint density at radius 2 is 2.11 bits per heavy atom. The maximum absolute atomic E-state index is 11.7. The molecule has 2 N–H and O–H groups in total. The molecule has 4 nitrogen and oxygen atoms in total. The molecule has 1 rings (SSSR count). The molecule has 0 spiro atoms. The van der Waals surface area contributed by atoms with E-state index in [1.54, 1.807) is 6.07 Å². The van der Waals surface area contributed by atoms with E-state index < -0.39 is 0 Å². The summed E-state index contributed by atoms with van der Waals surface area (Å²) in [5.74, 6) is 1.03. The molecule has 1 aromatic rings. The molecule has 0 aliphatic heterocycles. The van der Waals surface area contributed by atoms with Gasteiger partial charge in [0.2, 0.25) is 5.56 Å². The average molecular weight is 268 g/mol. The van der Waals surface area contributed by atoms with Gasteiger partial charge in [-0.25, -0.2) is 0 Å². The molecule has 1 amide bonds. The molecule has 0 radical (unpaired) electrons. The van der Waals surface area contributed by atoms with Crippen LogP contribution in [-0.4, -0.2) is 29.4 Å². The van der Waals surface area contributed by atoms with Crippen LogP contribution in [0, 0.1) is 0 Å². The monoisotopic (exact) mass is 268 g/mol. The van der Waals surface area contributed by atoms with Crippen molar-refractivity contribution < 1.29 is 4.79 Å². The summed E-state index contributed by atoms with van der Waals surface area (Å²) >= 11 is 1.87. The Morgan fingerprint density at radius 3 is 2.83 bits per heavy atom. The van der Waals surface area contributed by atoms with Crippen molar-refractivity contribution >= 4 is 17.7 Å². The van der Waals surface area contributed by atoms with E-state index in [0.29, 0.717) is 12.1 Å². The number of carbonyl (C=O) groups excluding carboxylic acids is 1. The number of rotatable bonds is 8. The number of H-pyrrole nitrogens is 1. The number of amides is 1. The van der Waals surface area contributed by atoms with E-state index in [0.717, 1.165) is 12.8 Å². The molecule has 0 bridgehead atoms. The molecule has 0 unspecified atom stereocenters. The second kappa shape index (κ2) is 8.80. The minimum absolute atomic E-state index is 0.176. The summed E-state index contributed by atoms with van der Waals surface area (Å²) in [4.78, 5) is 25.2. The molecule has 1 aromatic heterocycles. The summed E-state index contributed by atoms with van der Waals surface area (Å²) in [6.45, 7) is 0.672. The van der Waals surface area contributed by atoms with Crippen molar-refractivity contribution in [3.05, 3.63) is 34.2 Å². The lowest BCUT2D eigenvalue weighted by Crippen LogP contribution is -2.25. The Morgan fingerprint density at radius 1 is 1.33 bits per heavy atom. The third-order valence-electron chi connectivity index (χ3n) is 2.60. The third kappa shape index (κ3) is 5.91. The normalized spacial score (nSPS) is 10.3. The molecule has 0 saturated carbocycles. The lowest BCUT2D eigenvalue weighted by atomic mass is 10.2. The maximum Gasteiger partial charge on any atom is 0.251 e. The van der Waals surface area contributed by atoms with E-state index in [4.69, 9.17) is 0 Å². The van der Waals surface area contributed by atoms with Gasteiger partial charge in [-0.3, -0.25) is 9.59 Å². The Balaban J connectivity index is 2.16. The van der Waals surface area contributed by atoms with Gasteiger partial charge in [0.1, 0.15) is 0 Å². The standard InChI is InChI=1S/C13H20N2O2S/c1-18-9-5-3-2-4-7-15-13(17)11-6-8-14-12(16)10-11/h6,8,10H,2-5,7,9H2,1H3,(H,14,16)(H,15,17). The van der Waals surface area contributed by atoms with Crippen molar-refractivity contribution in [1.29, 1.82) is 0 Å². The molecule has 0 aliphatic rings. The molecule has 1 heterocycles. The number of nitrogens with one attached hydrogen (secondary N) is 2. The summed E-state index contributed by atoms with van der Waals surface area (Å²) < 4.78 is 0. The number of carbonyl (C=O) groups is 1. The van der Waals surface area contributed by atoms with Gasteiger partial charge in [0.15, 0.2) is 0 Å². The number of hydrogen-bond acceptors (Lipinski definition) is 3. The van der Waals surface area contributed by atoms with Crippen LogP contribution in [0.3, 0.4) is 0 Å². The maximum atomic E-state index is 11.7. The largest absolute Gasteiger partial charge is 0.352 e. The van der Waals surface area contributed by atoms with Crippen LogP contribution >= 0.6 is 11.8 Å². The molecule has 0 aliphatic carbocycles. The van der Waals surface area contributed by atoms with Crippen LogP contribution in [0.2, 0.25) is 0 Å². The summed E-state index contributed by atoms with van der Waals surface area (Å²) in [5, 5.41) is 2.82. The van der Waals surface area contributed by atoms with Gasteiger partial charge >= 0.3 is 0 Å². The van der Waals surface area contributed by atoms with Crippen LogP contribution in [0.1, 0.15) is 36.0 Å². The molecule has 0 atom stereocenters. The van der Waals surface area contributed by atoms with Gasteiger partial charge in [-0.15, -0.1) is 0 Å². The summed E-state index contributed by atoms with van der Waals surface area (Å²) in [5.41, 5.74) is 0.167. The van der Waals surface area contributed by atoms with Gasteiger partial charge in [-0.1, -0.05) is 12.8 Å². The predicted molar refractivity (Wildman–Crippen MR) is 76.2 cm³/mol. The van der Waals surface area contributed by atoms with E-state index in [1.807, 2.05) is 11.8 Å². The summed E-state index contributed by atoms with van der Waals surface area (Å²) in [7, 11) is 0. The first kappa shape index (κ1) is 14.8.